The fourth-order valence-corrected chi connectivity index (χ4v) is 5.09. The molecule has 0 fully saturated rings. The Morgan fingerprint density at radius 2 is 1.95 bits per heavy atom. The summed E-state index contributed by atoms with van der Waals surface area (Å²) in [6.45, 7) is -3.31. The molecule has 4 aromatic rings. The maximum Gasteiger partial charge on any atom is 0.407 e. The number of pyridine rings is 1. The molecule has 9 nitrogen and oxygen atoms in total. The van der Waals surface area contributed by atoms with Crippen LogP contribution in [0.4, 0.5) is 18.0 Å². The summed E-state index contributed by atoms with van der Waals surface area (Å²) in [4.78, 5) is 21.2. The van der Waals surface area contributed by atoms with Gasteiger partial charge in [-0.15, -0.1) is 0 Å². The zero-order chi connectivity index (χ0) is 26.5. The highest BCUT2D eigenvalue weighted by atomic mass is 32.2. The Kier molecular flexibility index (Phi) is 6.02. The van der Waals surface area contributed by atoms with E-state index in [0.717, 1.165) is 11.2 Å². The van der Waals surface area contributed by atoms with Gasteiger partial charge in [0.05, 0.1) is 23.6 Å². The number of fused-ring (bicyclic) bond motifs is 3. The van der Waals surface area contributed by atoms with Crippen LogP contribution in [-0.2, 0) is 16.4 Å². The predicted octanol–water partition coefficient (Wildman–Crippen LogP) is 4.33. The van der Waals surface area contributed by atoms with E-state index in [9.17, 15) is 27.1 Å². The minimum Gasteiger partial charge on any atom is -0.465 e. The number of hydrogen-bond acceptors (Lipinski definition) is 6. The van der Waals surface area contributed by atoms with Crippen molar-refractivity contribution in [3.05, 3.63) is 71.9 Å². The van der Waals surface area contributed by atoms with E-state index in [0.29, 0.717) is 11.1 Å². The van der Waals surface area contributed by atoms with E-state index in [-0.39, 0.29) is 46.3 Å². The van der Waals surface area contributed by atoms with E-state index in [1.807, 2.05) is 0 Å². The number of carbonyl (C=O) groups is 1. The number of halogens is 3. The van der Waals surface area contributed by atoms with Crippen LogP contribution in [0.5, 0.6) is 5.75 Å². The minimum atomic E-state index is -3.65. The maximum absolute atomic E-state index is 15.2. The molecule has 3 heterocycles. The first-order valence-corrected chi connectivity index (χ1v) is 12.8. The van der Waals surface area contributed by atoms with Crippen molar-refractivity contribution in [2.24, 2.45) is 0 Å². The number of nitrogens with zero attached hydrogens (tertiary/aromatic N) is 4. The zero-order valence-corrected chi connectivity index (χ0v) is 20.0. The second kappa shape index (κ2) is 9.07. The Balaban J connectivity index is 1.73. The van der Waals surface area contributed by atoms with Crippen molar-refractivity contribution in [3.63, 3.8) is 0 Å². The van der Waals surface area contributed by atoms with Crippen molar-refractivity contribution in [1.82, 2.24) is 19.4 Å². The first-order chi connectivity index (χ1) is 17.5. The Bertz CT molecular complexity index is 1640. The topological polar surface area (TPSA) is 115 Å². The average Bonchev–Trinajstić information content (AvgIpc) is 3.19. The molecule has 0 aliphatic carbocycles. The molecule has 5 rings (SSSR count). The summed E-state index contributed by atoms with van der Waals surface area (Å²) in [6.07, 6.45) is 1.02. The lowest BCUT2D eigenvalue weighted by Crippen LogP contribution is -2.41. The van der Waals surface area contributed by atoms with Gasteiger partial charge in [-0.25, -0.2) is 27.6 Å². The number of aromatic nitrogens is 3. The van der Waals surface area contributed by atoms with Crippen LogP contribution in [0.15, 0.2) is 59.8 Å². The van der Waals surface area contributed by atoms with Crippen molar-refractivity contribution in [3.8, 4) is 16.9 Å². The molecule has 192 valence electrons. The molecule has 0 saturated carbocycles. The molecule has 37 heavy (non-hydrogen) atoms. The molecule has 1 N–H and O–H groups in total. The lowest BCUT2D eigenvalue weighted by atomic mass is 10.0. The molecular weight excluding hydrogens is 513 g/mol. The van der Waals surface area contributed by atoms with E-state index < -0.39 is 34.4 Å². The monoisotopic (exact) mass is 532 g/mol. The number of imidazole rings is 1. The number of benzene rings is 2. The van der Waals surface area contributed by atoms with Crippen molar-refractivity contribution in [2.45, 2.75) is 24.2 Å². The number of carboxylic acid groups (broad SMARTS) is 1. The van der Waals surface area contributed by atoms with Gasteiger partial charge in [-0.2, -0.15) is 8.78 Å². The Morgan fingerprint density at radius 1 is 1.19 bits per heavy atom. The molecule has 1 amide bonds. The Hall–Kier alpha value is -4.13. The van der Waals surface area contributed by atoms with Crippen LogP contribution in [0.2, 0.25) is 0 Å². The zero-order valence-electron chi connectivity index (χ0n) is 19.2. The van der Waals surface area contributed by atoms with Crippen molar-refractivity contribution in [2.75, 3.05) is 12.8 Å². The van der Waals surface area contributed by atoms with Crippen LogP contribution in [0.3, 0.4) is 0 Å². The normalized spacial score (nSPS) is 15.7. The van der Waals surface area contributed by atoms with Gasteiger partial charge in [0.25, 0.3) is 0 Å². The molecule has 2 aromatic heterocycles. The van der Waals surface area contributed by atoms with E-state index in [1.54, 1.807) is 16.7 Å². The van der Waals surface area contributed by atoms with Gasteiger partial charge in [-0.3, -0.25) is 4.90 Å². The van der Waals surface area contributed by atoms with E-state index >= 15 is 4.39 Å². The van der Waals surface area contributed by atoms with Gasteiger partial charge in [-0.05, 0) is 29.8 Å². The molecule has 0 unspecified atom stereocenters. The SMILES string of the molecule is CS(=O)(=O)c1cc(-c2cc3c(cc2F)nc2n3[C@H](c3ccccc3OC(F)F)CN(C(=O)O)C2)ccn1. The number of para-hydroxylation sites is 1. The van der Waals surface area contributed by atoms with Gasteiger partial charge in [0.15, 0.2) is 14.9 Å². The van der Waals surface area contributed by atoms with Gasteiger partial charge < -0.3 is 14.4 Å². The summed E-state index contributed by atoms with van der Waals surface area (Å²) in [5.74, 6) is -0.526. The number of rotatable bonds is 5. The minimum absolute atomic E-state index is 0.0685. The van der Waals surface area contributed by atoms with Gasteiger partial charge >= 0.3 is 12.7 Å². The van der Waals surface area contributed by atoms with Crippen LogP contribution in [0.25, 0.3) is 22.2 Å². The van der Waals surface area contributed by atoms with Crippen LogP contribution < -0.4 is 4.74 Å². The standard InChI is InChI=1S/C24H19F3N4O5S/c1-37(34,35)22-8-13(6-7-28-22)15-9-18-17(10-16(15)25)29-21-12-30(24(32)33)11-19(31(18)21)14-4-2-3-5-20(14)36-23(26)27/h2-10,19,23H,11-12H2,1H3,(H,32,33)/t19-/m0/s1. The van der Waals surface area contributed by atoms with Crippen molar-refractivity contribution in [1.29, 1.82) is 0 Å². The van der Waals surface area contributed by atoms with Crippen LogP contribution in [0, 0.1) is 5.82 Å². The summed E-state index contributed by atoms with van der Waals surface area (Å²) < 4.78 is 71.8. The third-order valence-corrected chi connectivity index (χ3v) is 7.06. The van der Waals surface area contributed by atoms with E-state index in [4.69, 9.17) is 4.74 Å². The highest BCUT2D eigenvalue weighted by Gasteiger charge is 2.34. The molecular formula is C24H19F3N4O5S. The van der Waals surface area contributed by atoms with E-state index in [1.165, 1.54) is 42.6 Å². The molecule has 1 atom stereocenters. The Labute approximate surface area is 208 Å². The van der Waals surface area contributed by atoms with Gasteiger partial charge in [-0.1, -0.05) is 18.2 Å². The number of sulfone groups is 1. The number of ether oxygens (including phenoxy) is 1. The Morgan fingerprint density at radius 3 is 2.65 bits per heavy atom. The molecule has 0 radical (unpaired) electrons. The third kappa shape index (κ3) is 4.57. The first-order valence-electron chi connectivity index (χ1n) is 10.9. The predicted molar refractivity (Wildman–Crippen MR) is 126 cm³/mol. The maximum atomic E-state index is 15.2. The fourth-order valence-electron chi connectivity index (χ4n) is 4.49. The smallest absolute Gasteiger partial charge is 0.407 e. The van der Waals surface area contributed by atoms with Crippen LogP contribution in [0.1, 0.15) is 17.4 Å². The summed E-state index contributed by atoms with van der Waals surface area (Å²) in [6, 6.07) is 10.6. The summed E-state index contributed by atoms with van der Waals surface area (Å²) in [7, 11) is -3.65. The van der Waals surface area contributed by atoms with Crippen molar-refractivity contribution < 1.29 is 36.2 Å². The number of hydrogen-bond donors (Lipinski definition) is 1. The summed E-state index contributed by atoms with van der Waals surface area (Å²) in [5.41, 5.74) is 1.25. The lowest BCUT2D eigenvalue weighted by molar-refractivity contribution is -0.0508. The molecule has 13 heteroatoms. The van der Waals surface area contributed by atoms with Gasteiger partial charge in [0.2, 0.25) is 0 Å². The largest absolute Gasteiger partial charge is 0.465 e. The van der Waals surface area contributed by atoms with Gasteiger partial charge in [0, 0.05) is 36.2 Å². The molecule has 0 spiro atoms. The second-order valence-electron chi connectivity index (χ2n) is 8.47. The molecule has 2 aromatic carbocycles. The average molecular weight is 533 g/mol. The molecule has 0 bridgehead atoms. The highest BCUT2D eigenvalue weighted by Crippen LogP contribution is 2.38. The fraction of sp³-hybridized carbons (Fsp3) is 0.208. The molecule has 1 aliphatic rings. The van der Waals surface area contributed by atoms with E-state index in [2.05, 4.69) is 9.97 Å². The second-order valence-corrected chi connectivity index (χ2v) is 10.4. The third-order valence-electron chi connectivity index (χ3n) is 6.08. The van der Waals surface area contributed by atoms with Crippen LogP contribution >= 0.6 is 0 Å². The van der Waals surface area contributed by atoms with Gasteiger partial charge in [0.1, 0.15) is 17.4 Å². The summed E-state index contributed by atoms with van der Waals surface area (Å²) in [5, 5.41) is 9.44. The molecule has 0 saturated heterocycles. The van der Waals surface area contributed by atoms with Crippen molar-refractivity contribution >= 4 is 27.0 Å². The quantitative estimate of drug-likeness (QED) is 0.407. The highest BCUT2D eigenvalue weighted by molar-refractivity contribution is 7.90. The number of alkyl halides is 2. The lowest BCUT2D eigenvalue weighted by Gasteiger charge is -2.34. The number of amides is 1. The first kappa shape index (κ1) is 24.6. The van der Waals surface area contributed by atoms with Crippen LogP contribution in [-0.4, -0.2) is 58.5 Å². The summed E-state index contributed by atoms with van der Waals surface area (Å²) >= 11 is 0. The molecule has 1 aliphatic heterocycles.